The molecule has 5 nitrogen and oxygen atoms in total. The molecule has 2 aromatic rings. The van der Waals surface area contributed by atoms with Gasteiger partial charge >= 0.3 is 6.03 Å². The van der Waals surface area contributed by atoms with E-state index >= 15 is 0 Å². The number of nitrogens with one attached hydrogen (secondary N) is 2. The number of thiophene rings is 1. The molecule has 132 valence electrons. The minimum absolute atomic E-state index is 0.0296. The van der Waals surface area contributed by atoms with Gasteiger partial charge in [0.05, 0.1) is 12.5 Å². The van der Waals surface area contributed by atoms with E-state index < -0.39 is 0 Å². The molecular weight excluding hydrogens is 402 g/mol. The number of halogens is 1. The summed E-state index contributed by atoms with van der Waals surface area (Å²) in [5, 5.41) is 7.86. The second-order valence-electron chi connectivity index (χ2n) is 6.02. The average molecular weight is 422 g/mol. The van der Waals surface area contributed by atoms with Crippen molar-refractivity contribution in [3.8, 4) is 0 Å². The van der Waals surface area contributed by atoms with Crippen LogP contribution in [0.25, 0.3) is 0 Å². The highest BCUT2D eigenvalue weighted by Crippen LogP contribution is 2.20. The molecule has 7 heteroatoms. The van der Waals surface area contributed by atoms with Crippen LogP contribution in [-0.4, -0.2) is 29.9 Å². The van der Waals surface area contributed by atoms with Crippen LogP contribution < -0.4 is 10.6 Å². The van der Waals surface area contributed by atoms with Crippen molar-refractivity contribution in [2.45, 2.75) is 19.4 Å². The average Bonchev–Trinajstić information content (AvgIpc) is 3.15. The summed E-state index contributed by atoms with van der Waals surface area (Å²) < 4.78 is 0.969. The van der Waals surface area contributed by atoms with Crippen molar-refractivity contribution in [1.29, 1.82) is 0 Å². The van der Waals surface area contributed by atoms with Gasteiger partial charge < -0.3 is 15.5 Å². The normalized spacial score (nSPS) is 17.2. The van der Waals surface area contributed by atoms with Gasteiger partial charge in [-0.15, -0.1) is 11.3 Å². The highest BCUT2D eigenvalue weighted by atomic mass is 79.9. The molecule has 1 aliphatic rings. The van der Waals surface area contributed by atoms with Crippen molar-refractivity contribution in [2.75, 3.05) is 18.4 Å². The zero-order valence-electron chi connectivity index (χ0n) is 13.7. The van der Waals surface area contributed by atoms with Crippen LogP contribution in [0.3, 0.4) is 0 Å². The maximum absolute atomic E-state index is 12.5. The van der Waals surface area contributed by atoms with Gasteiger partial charge in [-0.1, -0.05) is 22.0 Å². The van der Waals surface area contributed by atoms with Crippen molar-refractivity contribution in [3.05, 3.63) is 51.1 Å². The zero-order chi connectivity index (χ0) is 17.6. The summed E-state index contributed by atoms with van der Waals surface area (Å²) in [5.74, 6) is -0.206. The largest absolute Gasteiger partial charge is 0.333 e. The fraction of sp³-hybridized carbons (Fsp3) is 0.333. The Morgan fingerprint density at radius 3 is 2.76 bits per heavy atom. The molecule has 1 fully saturated rings. The minimum atomic E-state index is -0.176. The molecule has 2 heterocycles. The second kappa shape index (κ2) is 8.49. The number of hydrogen-bond donors (Lipinski definition) is 2. The van der Waals surface area contributed by atoms with Gasteiger partial charge in [0, 0.05) is 28.1 Å². The quantitative estimate of drug-likeness (QED) is 0.781. The number of likely N-dealkylation sites (tertiary alicyclic amines) is 1. The van der Waals surface area contributed by atoms with Crippen molar-refractivity contribution in [1.82, 2.24) is 10.2 Å². The lowest BCUT2D eigenvalue weighted by Crippen LogP contribution is -2.47. The number of amides is 3. The van der Waals surface area contributed by atoms with E-state index in [1.807, 2.05) is 41.8 Å². The molecule has 0 saturated carbocycles. The summed E-state index contributed by atoms with van der Waals surface area (Å²) >= 11 is 5.00. The van der Waals surface area contributed by atoms with Crippen LogP contribution >= 0.6 is 27.3 Å². The number of urea groups is 1. The third kappa shape index (κ3) is 5.06. The van der Waals surface area contributed by atoms with Crippen LogP contribution in [0, 0.1) is 5.92 Å². The molecule has 3 rings (SSSR count). The van der Waals surface area contributed by atoms with E-state index in [-0.39, 0.29) is 17.9 Å². The molecule has 1 aromatic carbocycles. The first kappa shape index (κ1) is 17.9. The highest BCUT2D eigenvalue weighted by Gasteiger charge is 2.28. The van der Waals surface area contributed by atoms with Gasteiger partial charge in [-0.3, -0.25) is 4.79 Å². The second-order valence-corrected chi connectivity index (χ2v) is 7.97. The Balaban J connectivity index is 1.52. The van der Waals surface area contributed by atoms with E-state index in [9.17, 15) is 9.59 Å². The number of carbonyl (C=O) groups is 2. The summed E-state index contributed by atoms with van der Waals surface area (Å²) in [6.07, 6.45) is 1.64. The van der Waals surface area contributed by atoms with E-state index in [2.05, 4.69) is 26.6 Å². The van der Waals surface area contributed by atoms with Gasteiger partial charge in [-0.05, 0) is 48.6 Å². The predicted molar refractivity (Wildman–Crippen MR) is 104 cm³/mol. The molecular formula is C18H20BrN3O2S. The summed E-state index contributed by atoms with van der Waals surface area (Å²) in [6.45, 7) is 1.68. The van der Waals surface area contributed by atoms with Gasteiger partial charge in [0.25, 0.3) is 0 Å². The number of benzene rings is 1. The molecule has 1 saturated heterocycles. The van der Waals surface area contributed by atoms with Crippen LogP contribution in [0.5, 0.6) is 0 Å². The number of carbonyl (C=O) groups excluding carboxylic acids is 2. The first-order valence-corrected chi connectivity index (χ1v) is 9.90. The smallest absolute Gasteiger partial charge is 0.317 e. The van der Waals surface area contributed by atoms with Gasteiger partial charge in [0.2, 0.25) is 5.91 Å². The molecule has 0 aliphatic carbocycles. The molecule has 2 N–H and O–H groups in total. The van der Waals surface area contributed by atoms with E-state index in [0.717, 1.165) is 27.9 Å². The number of piperidine rings is 1. The van der Waals surface area contributed by atoms with Crippen LogP contribution in [-0.2, 0) is 11.3 Å². The third-order valence-electron chi connectivity index (χ3n) is 4.19. The van der Waals surface area contributed by atoms with Crippen LogP contribution in [0.2, 0.25) is 0 Å². The number of anilines is 1. The molecule has 0 bridgehead atoms. The Bertz CT molecular complexity index is 718. The number of rotatable bonds is 4. The molecule has 3 amide bonds. The lowest BCUT2D eigenvalue weighted by Gasteiger charge is -2.32. The molecule has 0 spiro atoms. The first-order valence-electron chi connectivity index (χ1n) is 8.23. The molecule has 1 unspecified atom stereocenters. The number of nitrogens with zero attached hydrogens (tertiary/aromatic N) is 1. The fourth-order valence-electron chi connectivity index (χ4n) is 2.84. The Hall–Kier alpha value is -1.86. The third-order valence-corrected chi connectivity index (χ3v) is 5.59. The summed E-state index contributed by atoms with van der Waals surface area (Å²) in [7, 11) is 0. The summed E-state index contributed by atoms with van der Waals surface area (Å²) in [6, 6.07) is 11.4. The lowest BCUT2D eigenvalue weighted by molar-refractivity contribution is -0.121. The molecule has 0 radical (unpaired) electrons. The molecule has 1 aromatic heterocycles. The monoisotopic (exact) mass is 421 g/mol. The van der Waals surface area contributed by atoms with Crippen molar-refractivity contribution in [2.24, 2.45) is 5.92 Å². The van der Waals surface area contributed by atoms with E-state index in [1.165, 1.54) is 0 Å². The van der Waals surface area contributed by atoms with E-state index in [1.54, 1.807) is 16.2 Å². The Kier molecular flexibility index (Phi) is 6.09. The summed E-state index contributed by atoms with van der Waals surface area (Å²) in [4.78, 5) is 27.7. The van der Waals surface area contributed by atoms with Crippen molar-refractivity contribution >= 4 is 44.9 Å². The zero-order valence-corrected chi connectivity index (χ0v) is 16.1. The summed E-state index contributed by atoms with van der Waals surface area (Å²) in [5.41, 5.74) is 0.771. The van der Waals surface area contributed by atoms with Crippen LogP contribution in [0.1, 0.15) is 17.7 Å². The predicted octanol–water partition coefficient (Wildman–Crippen LogP) is 4.07. The Morgan fingerprint density at radius 2 is 2.04 bits per heavy atom. The van der Waals surface area contributed by atoms with Gasteiger partial charge in [0.15, 0.2) is 0 Å². The van der Waals surface area contributed by atoms with Gasteiger partial charge in [-0.25, -0.2) is 4.79 Å². The van der Waals surface area contributed by atoms with Crippen LogP contribution in [0.4, 0.5) is 10.5 Å². The maximum atomic E-state index is 12.5. The lowest BCUT2D eigenvalue weighted by atomic mass is 9.97. The molecule has 25 heavy (non-hydrogen) atoms. The van der Waals surface area contributed by atoms with E-state index in [4.69, 9.17) is 0 Å². The fourth-order valence-corrected chi connectivity index (χ4v) is 3.75. The SMILES string of the molecule is O=C(Nc1ccc(Br)cc1)C1CCCN(C(=O)NCc2cccs2)C1. The molecule has 1 aliphatic heterocycles. The van der Waals surface area contributed by atoms with Crippen molar-refractivity contribution in [3.63, 3.8) is 0 Å². The highest BCUT2D eigenvalue weighted by molar-refractivity contribution is 9.10. The number of hydrogen-bond acceptors (Lipinski definition) is 3. The Labute approximate surface area is 159 Å². The van der Waals surface area contributed by atoms with E-state index in [0.29, 0.717) is 19.6 Å². The van der Waals surface area contributed by atoms with Gasteiger partial charge in [0.1, 0.15) is 0 Å². The molecule has 1 atom stereocenters. The first-order chi connectivity index (χ1) is 12.1. The standard InChI is InChI=1S/C18H20BrN3O2S/c19-14-5-7-15(8-6-14)21-17(23)13-3-1-9-22(12-13)18(24)20-11-16-4-2-10-25-16/h2,4-8,10,13H,1,3,9,11-12H2,(H,20,24)(H,21,23). The van der Waals surface area contributed by atoms with Crippen molar-refractivity contribution < 1.29 is 9.59 Å². The Morgan fingerprint density at radius 1 is 1.24 bits per heavy atom. The van der Waals surface area contributed by atoms with Gasteiger partial charge in [-0.2, -0.15) is 0 Å². The van der Waals surface area contributed by atoms with Crippen LogP contribution in [0.15, 0.2) is 46.3 Å². The minimum Gasteiger partial charge on any atom is -0.333 e. The topological polar surface area (TPSA) is 61.4 Å². The maximum Gasteiger partial charge on any atom is 0.317 e.